The molecule has 10 heteroatoms. The largest absolute Gasteiger partial charge is 0.383 e. The van der Waals surface area contributed by atoms with Gasteiger partial charge in [0.05, 0.1) is 38.2 Å². The molecule has 1 fully saturated rings. The third-order valence-corrected chi connectivity index (χ3v) is 6.15. The molecule has 154 valence electrons. The Kier molecular flexibility index (Phi) is 6.53. The average molecular weight is 410 g/mol. The van der Waals surface area contributed by atoms with Crippen molar-refractivity contribution in [1.82, 2.24) is 19.4 Å². The molecule has 1 aliphatic heterocycles. The molecule has 0 aromatic carbocycles. The van der Waals surface area contributed by atoms with E-state index in [0.29, 0.717) is 56.2 Å². The number of thiophene rings is 1. The van der Waals surface area contributed by atoms with Gasteiger partial charge in [-0.05, 0) is 19.4 Å². The highest BCUT2D eigenvalue weighted by Crippen LogP contribution is 2.29. The molecule has 1 aliphatic rings. The van der Waals surface area contributed by atoms with Crippen molar-refractivity contribution in [3.63, 3.8) is 0 Å². The van der Waals surface area contributed by atoms with E-state index in [4.69, 9.17) is 9.47 Å². The van der Waals surface area contributed by atoms with Gasteiger partial charge < -0.3 is 19.7 Å². The molecule has 0 spiro atoms. The van der Waals surface area contributed by atoms with E-state index < -0.39 is 0 Å². The summed E-state index contributed by atoms with van der Waals surface area (Å²) in [6.07, 6.45) is 0. The zero-order chi connectivity index (χ0) is 20.3. The number of ether oxygens (including phenoxy) is 2. The van der Waals surface area contributed by atoms with E-state index in [1.54, 1.807) is 16.6 Å². The summed E-state index contributed by atoms with van der Waals surface area (Å²) in [5, 5.41) is 3.31. The molecule has 0 unspecified atom stereocenters. The van der Waals surface area contributed by atoms with Crippen molar-refractivity contribution >= 4 is 27.6 Å². The van der Waals surface area contributed by atoms with E-state index in [2.05, 4.69) is 5.32 Å². The molecule has 0 radical (unpaired) electrons. The van der Waals surface area contributed by atoms with Crippen LogP contribution < -0.4 is 16.6 Å². The minimum absolute atomic E-state index is 0.109. The predicted octanol–water partition coefficient (Wildman–Crippen LogP) is 0.741. The van der Waals surface area contributed by atoms with Crippen LogP contribution in [0.15, 0.2) is 9.59 Å². The van der Waals surface area contributed by atoms with Gasteiger partial charge in [0.2, 0.25) is 0 Å². The fourth-order valence-electron chi connectivity index (χ4n) is 3.30. The van der Waals surface area contributed by atoms with Gasteiger partial charge in [-0.1, -0.05) is 0 Å². The van der Waals surface area contributed by atoms with Gasteiger partial charge in [0.15, 0.2) is 0 Å². The van der Waals surface area contributed by atoms with Gasteiger partial charge in [-0.2, -0.15) is 0 Å². The fraction of sp³-hybridized carbons (Fsp3) is 0.611. The minimum atomic E-state index is -0.360. The van der Waals surface area contributed by atoms with Crippen LogP contribution in [0, 0.1) is 6.92 Å². The second-order valence-corrected chi connectivity index (χ2v) is 7.65. The molecule has 1 saturated heterocycles. The van der Waals surface area contributed by atoms with E-state index in [0.717, 1.165) is 10.4 Å². The Hall–Kier alpha value is -2.17. The molecule has 1 N–H and O–H groups in total. The maximum atomic E-state index is 13.1. The van der Waals surface area contributed by atoms with Crippen LogP contribution in [0.4, 0.5) is 4.79 Å². The van der Waals surface area contributed by atoms with Gasteiger partial charge in [0, 0.05) is 31.7 Å². The number of urea groups is 1. The number of carbonyl (C=O) groups excluding carboxylic acids is 1. The van der Waals surface area contributed by atoms with Crippen molar-refractivity contribution in [3.8, 4) is 0 Å². The number of aromatic nitrogens is 2. The molecule has 2 aromatic heterocycles. The van der Waals surface area contributed by atoms with Crippen LogP contribution in [0.3, 0.4) is 0 Å². The van der Waals surface area contributed by atoms with Gasteiger partial charge in [-0.15, -0.1) is 11.3 Å². The third kappa shape index (κ3) is 3.85. The van der Waals surface area contributed by atoms with Crippen LogP contribution in [-0.2, 0) is 29.1 Å². The molecule has 28 heavy (non-hydrogen) atoms. The molecule has 0 bridgehead atoms. The maximum Gasteiger partial charge on any atom is 0.332 e. The fourth-order valence-corrected chi connectivity index (χ4v) is 4.63. The normalized spacial score (nSPS) is 14.2. The Morgan fingerprint density at radius 2 is 1.89 bits per heavy atom. The first-order valence-electron chi connectivity index (χ1n) is 9.34. The lowest BCUT2D eigenvalue weighted by Gasteiger charge is -2.12. The molecule has 0 aliphatic carbocycles. The van der Waals surface area contributed by atoms with E-state index >= 15 is 0 Å². The number of fused-ring (bicyclic) bond motifs is 1. The first kappa shape index (κ1) is 20.6. The zero-order valence-corrected chi connectivity index (χ0v) is 17.3. The molecular formula is C18H26N4O5S. The molecule has 2 amide bonds. The topological polar surface area (TPSA) is 94.8 Å². The highest BCUT2D eigenvalue weighted by atomic mass is 32.1. The smallest absolute Gasteiger partial charge is 0.332 e. The van der Waals surface area contributed by atoms with Crippen molar-refractivity contribution in [2.24, 2.45) is 0 Å². The summed E-state index contributed by atoms with van der Waals surface area (Å²) in [4.78, 5) is 41.2. The Morgan fingerprint density at radius 3 is 2.54 bits per heavy atom. The highest BCUT2D eigenvalue weighted by Gasteiger charge is 2.24. The monoisotopic (exact) mass is 410 g/mol. The standard InChI is InChI=1S/C18H26N4O5S/c1-4-27-10-8-21-15(23)14-12(2)13(11-20-6-5-19-17(20)24)28-16(14)22(18(21)25)7-9-26-3/h4-11H2,1-3H3,(H,19,24). The first-order valence-corrected chi connectivity index (χ1v) is 10.2. The van der Waals surface area contributed by atoms with E-state index in [9.17, 15) is 14.4 Å². The Bertz CT molecular complexity index is 977. The summed E-state index contributed by atoms with van der Waals surface area (Å²) in [5.74, 6) is 0. The lowest BCUT2D eigenvalue weighted by atomic mass is 10.2. The SMILES string of the molecule is CCOCCn1c(=O)c2c(C)c(CN3CCNC3=O)sc2n(CCOC)c1=O. The predicted molar refractivity (Wildman–Crippen MR) is 107 cm³/mol. The van der Waals surface area contributed by atoms with Crippen molar-refractivity contribution in [2.45, 2.75) is 33.5 Å². The number of rotatable bonds is 9. The quantitative estimate of drug-likeness (QED) is 0.616. The number of amides is 2. The molecular weight excluding hydrogens is 384 g/mol. The van der Waals surface area contributed by atoms with Crippen LogP contribution in [0.2, 0.25) is 0 Å². The Balaban J connectivity index is 2.11. The summed E-state index contributed by atoms with van der Waals surface area (Å²) in [6, 6.07) is -0.109. The van der Waals surface area contributed by atoms with Crippen molar-refractivity contribution in [2.75, 3.05) is 40.0 Å². The number of aryl methyl sites for hydroxylation is 1. The second-order valence-electron chi connectivity index (χ2n) is 6.56. The summed E-state index contributed by atoms with van der Waals surface area (Å²) >= 11 is 1.40. The zero-order valence-electron chi connectivity index (χ0n) is 16.4. The molecule has 0 atom stereocenters. The van der Waals surface area contributed by atoms with Gasteiger partial charge >= 0.3 is 11.7 Å². The van der Waals surface area contributed by atoms with Gasteiger partial charge in [0.1, 0.15) is 4.83 Å². The second kappa shape index (κ2) is 8.89. The van der Waals surface area contributed by atoms with Crippen molar-refractivity contribution < 1.29 is 14.3 Å². The average Bonchev–Trinajstić information content (AvgIpc) is 3.22. The maximum absolute atomic E-state index is 13.1. The molecule has 9 nitrogen and oxygen atoms in total. The van der Waals surface area contributed by atoms with Crippen molar-refractivity contribution in [3.05, 3.63) is 31.3 Å². The minimum Gasteiger partial charge on any atom is -0.383 e. The van der Waals surface area contributed by atoms with Crippen LogP contribution >= 0.6 is 11.3 Å². The van der Waals surface area contributed by atoms with Crippen LogP contribution in [0.5, 0.6) is 0 Å². The van der Waals surface area contributed by atoms with E-state index in [1.807, 2.05) is 13.8 Å². The molecule has 2 aromatic rings. The first-order chi connectivity index (χ1) is 13.5. The van der Waals surface area contributed by atoms with Gasteiger partial charge in [-0.3, -0.25) is 13.9 Å². The summed E-state index contributed by atoms with van der Waals surface area (Å²) in [5.41, 5.74) is 0.154. The third-order valence-electron chi connectivity index (χ3n) is 4.85. The summed E-state index contributed by atoms with van der Waals surface area (Å²) < 4.78 is 13.3. The summed E-state index contributed by atoms with van der Waals surface area (Å²) in [6.45, 7) is 7.15. The number of carbonyl (C=O) groups is 1. The Morgan fingerprint density at radius 1 is 1.14 bits per heavy atom. The van der Waals surface area contributed by atoms with Gasteiger partial charge in [0.25, 0.3) is 5.56 Å². The molecule has 3 heterocycles. The highest BCUT2D eigenvalue weighted by molar-refractivity contribution is 7.18. The number of nitrogens with one attached hydrogen (secondary N) is 1. The van der Waals surface area contributed by atoms with Gasteiger partial charge in [-0.25, -0.2) is 9.59 Å². The molecule has 3 rings (SSSR count). The van der Waals surface area contributed by atoms with E-state index in [-0.39, 0.29) is 23.8 Å². The van der Waals surface area contributed by atoms with Crippen LogP contribution in [0.25, 0.3) is 10.2 Å². The lowest BCUT2D eigenvalue weighted by molar-refractivity contribution is 0.136. The number of methoxy groups -OCH3 is 1. The molecule has 0 saturated carbocycles. The van der Waals surface area contributed by atoms with E-state index in [1.165, 1.54) is 15.9 Å². The number of hydrogen-bond acceptors (Lipinski definition) is 6. The lowest BCUT2D eigenvalue weighted by Crippen LogP contribution is -2.41. The van der Waals surface area contributed by atoms with Crippen LogP contribution in [-0.4, -0.2) is 60.1 Å². The number of nitrogens with zero attached hydrogens (tertiary/aromatic N) is 3. The van der Waals surface area contributed by atoms with Crippen LogP contribution in [0.1, 0.15) is 17.4 Å². The number of hydrogen-bond donors (Lipinski definition) is 1. The Labute approximate surface area is 166 Å². The van der Waals surface area contributed by atoms with Crippen molar-refractivity contribution in [1.29, 1.82) is 0 Å². The summed E-state index contributed by atoms with van der Waals surface area (Å²) in [7, 11) is 1.57.